The van der Waals surface area contributed by atoms with Crippen molar-refractivity contribution in [1.82, 2.24) is 14.5 Å². The molecule has 3 aromatic heterocycles. The van der Waals surface area contributed by atoms with Crippen LogP contribution < -0.4 is 0 Å². The Balaban J connectivity index is 2.07. The van der Waals surface area contributed by atoms with Crippen molar-refractivity contribution < 1.29 is 5.11 Å². The van der Waals surface area contributed by atoms with Crippen molar-refractivity contribution in [3.05, 3.63) is 60.2 Å². The van der Waals surface area contributed by atoms with Crippen molar-refractivity contribution in [2.75, 3.05) is 0 Å². The van der Waals surface area contributed by atoms with E-state index in [1.807, 2.05) is 30.5 Å². The SMILES string of the molecule is OCc1cn(Cc2ccncc2)c2ncccc12. The Labute approximate surface area is 105 Å². The summed E-state index contributed by atoms with van der Waals surface area (Å²) in [5, 5.41) is 10.4. The lowest BCUT2D eigenvalue weighted by Crippen LogP contribution is -1.98. The van der Waals surface area contributed by atoms with Crippen molar-refractivity contribution >= 4 is 11.0 Å². The molecular weight excluding hydrogens is 226 g/mol. The number of aliphatic hydroxyl groups excluding tert-OH is 1. The monoisotopic (exact) mass is 239 g/mol. The highest BCUT2D eigenvalue weighted by Crippen LogP contribution is 2.20. The smallest absolute Gasteiger partial charge is 0.140 e. The summed E-state index contributed by atoms with van der Waals surface area (Å²) in [4.78, 5) is 8.39. The fraction of sp³-hybridized carbons (Fsp3) is 0.143. The lowest BCUT2D eigenvalue weighted by Gasteiger charge is -2.03. The molecule has 0 aromatic carbocycles. The average Bonchev–Trinajstić information content (AvgIpc) is 2.78. The first-order valence-electron chi connectivity index (χ1n) is 5.81. The molecule has 0 saturated carbocycles. The number of hydrogen-bond acceptors (Lipinski definition) is 3. The number of rotatable bonds is 3. The summed E-state index contributed by atoms with van der Waals surface area (Å²) in [6, 6.07) is 7.83. The number of aliphatic hydroxyl groups is 1. The third kappa shape index (κ3) is 1.87. The fourth-order valence-corrected chi connectivity index (χ4v) is 2.13. The summed E-state index contributed by atoms with van der Waals surface area (Å²) >= 11 is 0. The Kier molecular flexibility index (Phi) is 2.78. The molecule has 0 aliphatic carbocycles. The highest BCUT2D eigenvalue weighted by atomic mass is 16.3. The quantitative estimate of drug-likeness (QED) is 0.760. The maximum Gasteiger partial charge on any atom is 0.140 e. The van der Waals surface area contributed by atoms with Crippen LogP contribution in [0.15, 0.2) is 49.1 Å². The molecule has 3 rings (SSSR count). The van der Waals surface area contributed by atoms with Crippen molar-refractivity contribution in [1.29, 1.82) is 0 Å². The normalized spacial score (nSPS) is 10.9. The molecule has 0 aliphatic heterocycles. The fourth-order valence-electron chi connectivity index (χ4n) is 2.13. The van der Waals surface area contributed by atoms with Gasteiger partial charge in [0.25, 0.3) is 0 Å². The van der Waals surface area contributed by atoms with Crippen LogP contribution in [0.25, 0.3) is 11.0 Å². The maximum absolute atomic E-state index is 9.36. The Morgan fingerprint density at radius 2 is 1.94 bits per heavy atom. The molecule has 3 aromatic rings. The Morgan fingerprint density at radius 3 is 2.72 bits per heavy atom. The number of hydrogen-bond donors (Lipinski definition) is 1. The molecule has 0 bridgehead atoms. The van der Waals surface area contributed by atoms with Gasteiger partial charge in [-0.25, -0.2) is 4.98 Å². The molecule has 0 atom stereocenters. The highest BCUT2D eigenvalue weighted by Gasteiger charge is 2.08. The van der Waals surface area contributed by atoms with Crippen LogP contribution in [0.2, 0.25) is 0 Å². The zero-order chi connectivity index (χ0) is 12.4. The summed E-state index contributed by atoms with van der Waals surface area (Å²) in [7, 11) is 0. The van der Waals surface area contributed by atoms with Gasteiger partial charge in [-0.3, -0.25) is 4.98 Å². The van der Waals surface area contributed by atoms with Crippen LogP contribution in [0, 0.1) is 0 Å². The average molecular weight is 239 g/mol. The van der Waals surface area contributed by atoms with Crippen LogP contribution in [0.3, 0.4) is 0 Å². The molecule has 0 amide bonds. The van der Waals surface area contributed by atoms with Gasteiger partial charge >= 0.3 is 0 Å². The molecule has 0 fully saturated rings. The van der Waals surface area contributed by atoms with Crippen molar-refractivity contribution in [2.45, 2.75) is 13.2 Å². The van der Waals surface area contributed by atoms with Gasteiger partial charge in [-0.1, -0.05) is 0 Å². The predicted octanol–water partition coefficient (Wildman–Crippen LogP) is 1.97. The lowest BCUT2D eigenvalue weighted by molar-refractivity contribution is 0.283. The second-order valence-corrected chi connectivity index (χ2v) is 4.17. The van der Waals surface area contributed by atoms with Crippen LogP contribution in [0.5, 0.6) is 0 Å². The van der Waals surface area contributed by atoms with Gasteiger partial charge in [-0.15, -0.1) is 0 Å². The van der Waals surface area contributed by atoms with Gasteiger partial charge in [0, 0.05) is 42.3 Å². The van der Waals surface area contributed by atoms with Crippen LogP contribution in [-0.4, -0.2) is 19.6 Å². The highest BCUT2D eigenvalue weighted by molar-refractivity contribution is 5.80. The molecule has 0 unspecified atom stereocenters. The van der Waals surface area contributed by atoms with Crippen molar-refractivity contribution in [3.63, 3.8) is 0 Å². The van der Waals surface area contributed by atoms with Gasteiger partial charge < -0.3 is 9.67 Å². The summed E-state index contributed by atoms with van der Waals surface area (Å²) in [6.07, 6.45) is 7.29. The van der Waals surface area contributed by atoms with Gasteiger partial charge in [0.15, 0.2) is 0 Å². The van der Waals surface area contributed by atoms with E-state index in [0.29, 0.717) is 0 Å². The van der Waals surface area contributed by atoms with Crippen LogP contribution >= 0.6 is 0 Å². The summed E-state index contributed by atoms with van der Waals surface area (Å²) in [5.74, 6) is 0. The van der Waals surface area contributed by atoms with E-state index < -0.39 is 0 Å². The zero-order valence-corrected chi connectivity index (χ0v) is 9.82. The first-order chi connectivity index (χ1) is 8.88. The third-order valence-corrected chi connectivity index (χ3v) is 2.99. The van der Waals surface area contributed by atoms with E-state index >= 15 is 0 Å². The Morgan fingerprint density at radius 1 is 1.11 bits per heavy atom. The standard InChI is InChI=1S/C14H13N3O/c18-10-12-9-17(8-11-3-6-15-7-4-11)14-13(12)2-1-5-16-14/h1-7,9,18H,8,10H2. The Hall–Kier alpha value is -2.20. The number of aromatic nitrogens is 3. The van der Waals surface area contributed by atoms with Crippen LogP contribution in [0.1, 0.15) is 11.1 Å². The number of pyridine rings is 2. The second-order valence-electron chi connectivity index (χ2n) is 4.17. The molecular formula is C14H13N3O. The van der Waals surface area contributed by atoms with Gasteiger partial charge in [0.2, 0.25) is 0 Å². The van der Waals surface area contributed by atoms with E-state index in [9.17, 15) is 5.11 Å². The third-order valence-electron chi connectivity index (χ3n) is 2.99. The van der Waals surface area contributed by atoms with Gasteiger partial charge in [0.05, 0.1) is 6.61 Å². The molecule has 1 N–H and O–H groups in total. The Bertz CT molecular complexity index is 661. The number of nitrogens with zero attached hydrogens (tertiary/aromatic N) is 3. The minimum atomic E-state index is 0.0333. The molecule has 3 heterocycles. The molecule has 0 radical (unpaired) electrons. The van der Waals surface area contributed by atoms with Crippen molar-refractivity contribution in [3.8, 4) is 0 Å². The van der Waals surface area contributed by atoms with Gasteiger partial charge in [-0.2, -0.15) is 0 Å². The molecule has 4 heteroatoms. The van der Waals surface area contributed by atoms with Gasteiger partial charge in [0.1, 0.15) is 5.65 Å². The second kappa shape index (κ2) is 4.58. The molecule has 4 nitrogen and oxygen atoms in total. The lowest BCUT2D eigenvalue weighted by atomic mass is 10.2. The minimum Gasteiger partial charge on any atom is -0.392 e. The molecule has 0 saturated heterocycles. The van der Waals surface area contributed by atoms with E-state index in [1.165, 1.54) is 0 Å². The molecule has 18 heavy (non-hydrogen) atoms. The van der Waals surface area contributed by atoms with E-state index in [2.05, 4.69) is 14.5 Å². The first-order valence-corrected chi connectivity index (χ1v) is 5.81. The summed E-state index contributed by atoms with van der Waals surface area (Å²) in [5.41, 5.74) is 2.97. The zero-order valence-electron chi connectivity index (χ0n) is 9.82. The predicted molar refractivity (Wildman–Crippen MR) is 69.0 cm³/mol. The molecule has 0 aliphatic rings. The maximum atomic E-state index is 9.36. The minimum absolute atomic E-state index is 0.0333. The van der Waals surface area contributed by atoms with E-state index in [0.717, 1.165) is 28.7 Å². The summed E-state index contributed by atoms with van der Waals surface area (Å²) < 4.78 is 2.05. The topological polar surface area (TPSA) is 50.9 Å². The summed E-state index contributed by atoms with van der Waals surface area (Å²) in [6.45, 7) is 0.765. The first kappa shape index (κ1) is 10.9. The van der Waals surface area contributed by atoms with E-state index in [4.69, 9.17) is 0 Å². The van der Waals surface area contributed by atoms with Crippen molar-refractivity contribution in [2.24, 2.45) is 0 Å². The van der Waals surface area contributed by atoms with Crippen LogP contribution in [0.4, 0.5) is 0 Å². The van der Waals surface area contributed by atoms with Crippen LogP contribution in [-0.2, 0) is 13.2 Å². The van der Waals surface area contributed by atoms with E-state index in [-0.39, 0.29) is 6.61 Å². The van der Waals surface area contributed by atoms with Gasteiger partial charge in [-0.05, 0) is 29.8 Å². The van der Waals surface area contributed by atoms with E-state index in [1.54, 1.807) is 18.6 Å². The largest absolute Gasteiger partial charge is 0.392 e. The molecule has 90 valence electrons. The molecule has 0 spiro atoms. The number of fused-ring (bicyclic) bond motifs is 1.